The van der Waals surface area contributed by atoms with Gasteiger partial charge in [-0.05, 0) is 66.5 Å². The molecule has 1 aliphatic rings. The van der Waals surface area contributed by atoms with Gasteiger partial charge in [-0.15, -0.1) is 0 Å². The number of phenolic OH excluding ortho intramolecular Hbond substituents is 2. The van der Waals surface area contributed by atoms with Crippen LogP contribution in [0.1, 0.15) is 97.2 Å². The highest BCUT2D eigenvalue weighted by Crippen LogP contribution is 2.41. The standard InChI is InChI=1S/C38H44O4/c1-37(2,3)31-19-27-15-23-11-9-13-25(33(23)39)17-29-21-32(38(4,5)6)22-30(36(29)42-8)18-26-14-10-12-24(34(26)40)16-28(20-31)35(27)41-7/h9-14,19-22,39-40H,15-18H2,1-8H3. The van der Waals surface area contributed by atoms with Gasteiger partial charge in [-0.25, -0.2) is 0 Å². The number of para-hydroxylation sites is 2. The van der Waals surface area contributed by atoms with Gasteiger partial charge in [-0.2, -0.15) is 0 Å². The molecule has 0 fully saturated rings. The molecule has 0 aliphatic heterocycles. The predicted octanol–water partition coefficient (Wildman–Crippen LogP) is 8.39. The molecule has 0 amide bonds. The van der Waals surface area contributed by atoms with Crippen molar-refractivity contribution in [1.82, 2.24) is 0 Å². The fourth-order valence-electron chi connectivity index (χ4n) is 6.10. The summed E-state index contributed by atoms with van der Waals surface area (Å²) in [5, 5.41) is 23.3. The van der Waals surface area contributed by atoms with E-state index in [-0.39, 0.29) is 10.8 Å². The highest BCUT2D eigenvalue weighted by atomic mass is 16.5. The summed E-state index contributed by atoms with van der Waals surface area (Å²) in [5.41, 5.74) is 9.69. The minimum absolute atomic E-state index is 0.0889. The van der Waals surface area contributed by atoms with Gasteiger partial charge >= 0.3 is 0 Å². The number of hydrogen-bond acceptors (Lipinski definition) is 4. The molecule has 220 valence electrons. The van der Waals surface area contributed by atoms with Crippen LogP contribution < -0.4 is 9.47 Å². The zero-order valence-electron chi connectivity index (χ0n) is 26.3. The van der Waals surface area contributed by atoms with Gasteiger partial charge in [-0.1, -0.05) is 102 Å². The lowest BCUT2D eigenvalue weighted by Crippen LogP contribution is -2.14. The first kappa shape index (κ1) is 29.6. The maximum atomic E-state index is 11.6. The summed E-state index contributed by atoms with van der Waals surface area (Å²) in [5.74, 6) is 2.21. The van der Waals surface area contributed by atoms with E-state index >= 15 is 0 Å². The SMILES string of the molecule is COc1c2cc(C(C)(C)C)cc1Cc1cccc(c1O)Cc1cc(C(C)(C)C)cc(c1OC)Cc1cccc(c1O)C2. The van der Waals surface area contributed by atoms with Crippen LogP contribution in [-0.2, 0) is 36.5 Å². The smallest absolute Gasteiger partial charge is 0.125 e. The molecule has 8 bridgehead atoms. The second kappa shape index (κ2) is 11.1. The average Bonchev–Trinajstić information content (AvgIpc) is 2.91. The van der Waals surface area contributed by atoms with Crippen LogP contribution in [0.2, 0.25) is 0 Å². The molecule has 0 aromatic heterocycles. The zero-order chi connectivity index (χ0) is 30.4. The molecule has 0 atom stereocenters. The van der Waals surface area contributed by atoms with Crippen molar-refractivity contribution in [2.24, 2.45) is 0 Å². The summed E-state index contributed by atoms with van der Waals surface area (Å²) in [7, 11) is 3.41. The molecule has 2 N–H and O–H groups in total. The third-order valence-corrected chi connectivity index (χ3v) is 8.56. The number of benzene rings is 4. The van der Waals surface area contributed by atoms with Crippen LogP contribution in [0.5, 0.6) is 23.0 Å². The summed E-state index contributed by atoms with van der Waals surface area (Å²) in [6, 6.07) is 20.8. The molecule has 42 heavy (non-hydrogen) atoms. The molecule has 4 aromatic carbocycles. The van der Waals surface area contributed by atoms with Gasteiger partial charge in [0, 0.05) is 25.7 Å². The fourth-order valence-corrected chi connectivity index (χ4v) is 6.10. The second-order valence-corrected chi connectivity index (χ2v) is 13.7. The first-order chi connectivity index (χ1) is 19.8. The maximum absolute atomic E-state index is 11.6. The molecule has 5 rings (SSSR count). The Kier molecular flexibility index (Phi) is 7.78. The Balaban J connectivity index is 1.81. The molecule has 0 saturated heterocycles. The van der Waals surface area contributed by atoms with Gasteiger partial charge in [-0.3, -0.25) is 0 Å². The van der Waals surface area contributed by atoms with E-state index in [1.54, 1.807) is 14.2 Å². The van der Waals surface area contributed by atoms with Crippen LogP contribution in [0.4, 0.5) is 0 Å². The first-order valence-corrected chi connectivity index (χ1v) is 14.8. The largest absolute Gasteiger partial charge is 0.507 e. The lowest BCUT2D eigenvalue weighted by Gasteiger charge is -2.25. The quantitative estimate of drug-likeness (QED) is 0.226. The molecule has 0 radical (unpaired) electrons. The molecule has 4 nitrogen and oxygen atoms in total. The highest BCUT2D eigenvalue weighted by molar-refractivity contribution is 5.57. The van der Waals surface area contributed by atoms with E-state index in [0.29, 0.717) is 37.2 Å². The molecular weight excluding hydrogens is 520 g/mol. The zero-order valence-corrected chi connectivity index (χ0v) is 26.3. The van der Waals surface area contributed by atoms with E-state index in [1.807, 2.05) is 36.4 Å². The van der Waals surface area contributed by atoms with Crippen molar-refractivity contribution in [2.45, 2.75) is 78.1 Å². The van der Waals surface area contributed by atoms with E-state index in [0.717, 1.165) is 56.0 Å². The van der Waals surface area contributed by atoms with Gasteiger partial charge < -0.3 is 19.7 Å². The Morgan fingerprint density at radius 2 is 0.738 bits per heavy atom. The van der Waals surface area contributed by atoms with Crippen molar-refractivity contribution < 1.29 is 19.7 Å². The molecule has 0 spiro atoms. The Bertz CT molecular complexity index is 1420. The summed E-state index contributed by atoms with van der Waals surface area (Å²) < 4.78 is 12.1. The Morgan fingerprint density at radius 3 is 0.952 bits per heavy atom. The summed E-state index contributed by atoms with van der Waals surface area (Å²) in [6.07, 6.45) is 2.10. The molecule has 0 heterocycles. The summed E-state index contributed by atoms with van der Waals surface area (Å²) in [4.78, 5) is 0. The lowest BCUT2D eigenvalue weighted by molar-refractivity contribution is 0.403. The van der Waals surface area contributed by atoms with Crippen molar-refractivity contribution in [2.75, 3.05) is 14.2 Å². The third-order valence-electron chi connectivity index (χ3n) is 8.56. The minimum atomic E-state index is -0.0889. The van der Waals surface area contributed by atoms with E-state index < -0.39 is 0 Å². The maximum Gasteiger partial charge on any atom is 0.125 e. The molecular formula is C38H44O4. The van der Waals surface area contributed by atoms with Crippen molar-refractivity contribution in [3.05, 3.63) is 116 Å². The summed E-state index contributed by atoms with van der Waals surface area (Å²) in [6.45, 7) is 13.2. The topological polar surface area (TPSA) is 58.9 Å². The van der Waals surface area contributed by atoms with Crippen LogP contribution in [0.3, 0.4) is 0 Å². The number of rotatable bonds is 2. The number of ether oxygens (including phenoxy) is 2. The fraction of sp³-hybridized carbons (Fsp3) is 0.368. The van der Waals surface area contributed by atoms with Crippen LogP contribution >= 0.6 is 0 Å². The van der Waals surface area contributed by atoms with Crippen LogP contribution in [0.25, 0.3) is 0 Å². The molecule has 1 aliphatic carbocycles. The number of fused-ring (bicyclic) bond motifs is 8. The van der Waals surface area contributed by atoms with E-state index in [4.69, 9.17) is 9.47 Å². The van der Waals surface area contributed by atoms with Crippen LogP contribution in [0.15, 0.2) is 60.7 Å². The average molecular weight is 565 g/mol. The normalized spacial score (nSPS) is 13.5. The van der Waals surface area contributed by atoms with Crippen molar-refractivity contribution >= 4 is 0 Å². The van der Waals surface area contributed by atoms with Gasteiger partial charge in [0.25, 0.3) is 0 Å². The van der Waals surface area contributed by atoms with Crippen LogP contribution in [-0.4, -0.2) is 24.4 Å². The van der Waals surface area contributed by atoms with Gasteiger partial charge in [0.2, 0.25) is 0 Å². The number of methoxy groups -OCH3 is 2. The Hall–Kier alpha value is -3.92. The van der Waals surface area contributed by atoms with Crippen molar-refractivity contribution in [1.29, 1.82) is 0 Å². The number of hydrogen-bond donors (Lipinski definition) is 2. The Labute approximate surface area is 251 Å². The van der Waals surface area contributed by atoms with Crippen molar-refractivity contribution in [3.8, 4) is 23.0 Å². The van der Waals surface area contributed by atoms with Gasteiger partial charge in [0.05, 0.1) is 14.2 Å². The molecule has 0 unspecified atom stereocenters. The van der Waals surface area contributed by atoms with Gasteiger partial charge in [0.1, 0.15) is 23.0 Å². The van der Waals surface area contributed by atoms with E-state index in [9.17, 15) is 10.2 Å². The van der Waals surface area contributed by atoms with E-state index in [2.05, 4.69) is 65.8 Å². The van der Waals surface area contributed by atoms with Gasteiger partial charge in [0.15, 0.2) is 0 Å². The third kappa shape index (κ3) is 5.72. The predicted molar refractivity (Wildman–Crippen MR) is 171 cm³/mol. The van der Waals surface area contributed by atoms with Crippen molar-refractivity contribution in [3.63, 3.8) is 0 Å². The molecule has 4 heteroatoms. The monoisotopic (exact) mass is 564 g/mol. The second-order valence-electron chi connectivity index (χ2n) is 13.7. The number of aromatic hydroxyl groups is 2. The lowest BCUT2D eigenvalue weighted by atomic mass is 9.81. The van der Waals surface area contributed by atoms with Crippen LogP contribution in [0, 0.1) is 0 Å². The minimum Gasteiger partial charge on any atom is -0.507 e. The first-order valence-electron chi connectivity index (χ1n) is 14.8. The molecule has 4 aromatic rings. The molecule has 0 saturated carbocycles. The Morgan fingerprint density at radius 1 is 0.476 bits per heavy atom. The summed E-state index contributed by atoms with van der Waals surface area (Å²) >= 11 is 0. The van der Waals surface area contributed by atoms with E-state index in [1.165, 1.54) is 11.1 Å². The number of phenols is 2. The highest BCUT2D eigenvalue weighted by Gasteiger charge is 2.25.